The van der Waals surface area contributed by atoms with E-state index in [-0.39, 0.29) is 28.7 Å². The van der Waals surface area contributed by atoms with Crippen LogP contribution in [0.5, 0.6) is 11.5 Å². The number of fused-ring (bicyclic) bond motifs is 1. The number of hydrazone groups is 1. The maximum Gasteiger partial charge on any atom is 0.379 e. The maximum atomic E-state index is 12.3. The van der Waals surface area contributed by atoms with Gasteiger partial charge in [-0.1, -0.05) is 0 Å². The van der Waals surface area contributed by atoms with E-state index in [0.717, 1.165) is 0 Å². The number of hydrogen-bond donors (Lipinski definition) is 1. The molecule has 0 bridgehead atoms. The fourth-order valence-electron chi connectivity index (χ4n) is 2.56. The second-order valence-electron chi connectivity index (χ2n) is 5.66. The van der Waals surface area contributed by atoms with Gasteiger partial charge in [0, 0.05) is 0 Å². The summed E-state index contributed by atoms with van der Waals surface area (Å²) in [5.41, 5.74) is 2.11. The lowest BCUT2D eigenvalue weighted by atomic mass is 10.1. The van der Waals surface area contributed by atoms with Gasteiger partial charge < -0.3 is 13.9 Å². The fraction of sp³-hybridized carbons (Fsp3) is 0.0556. The van der Waals surface area contributed by atoms with Gasteiger partial charge in [0.2, 0.25) is 5.76 Å². The Morgan fingerprint density at radius 3 is 2.97 bits per heavy atom. The number of carbonyl (C=O) groups excluding carboxylic acids is 2. The quantitative estimate of drug-likeness (QED) is 0.409. The average Bonchev–Trinajstić information content (AvgIpc) is 3.38. The van der Waals surface area contributed by atoms with E-state index in [0.29, 0.717) is 15.2 Å². The number of benzene rings is 1. The minimum atomic E-state index is -0.685. The van der Waals surface area contributed by atoms with Crippen LogP contribution in [0.25, 0.3) is 6.08 Å². The third kappa shape index (κ3) is 3.61. The van der Waals surface area contributed by atoms with Crippen LogP contribution in [0.2, 0.25) is 0 Å². The van der Waals surface area contributed by atoms with Crippen molar-refractivity contribution in [2.24, 2.45) is 10.1 Å². The smallest absolute Gasteiger partial charge is 0.379 e. The minimum absolute atomic E-state index is 0.0455. The van der Waals surface area contributed by atoms with Gasteiger partial charge in [-0.25, -0.2) is 4.79 Å². The van der Waals surface area contributed by atoms with Crippen LogP contribution in [0.15, 0.2) is 55.1 Å². The van der Waals surface area contributed by atoms with Gasteiger partial charge in [0.25, 0.3) is 5.91 Å². The monoisotopic (exact) mass is 474 g/mol. The van der Waals surface area contributed by atoms with E-state index >= 15 is 0 Å². The highest BCUT2D eigenvalue weighted by atomic mass is 79.9. The summed E-state index contributed by atoms with van der Waals surface area (Å²) in [5, 5.41) is 13.9. The van der Waals surface area contributed by atoms with Crippen LogP contribution in [0.1, 0.15) is 16.1 Å². The summed E-state index contributed by atoms with van der Waals surface area (Å²) in [6.07, 6.45) is 2.86. The van der Waals surface area contributed by atoms with Gasteiger partial charge in [0.15, 0.2) is 22.5 Å². The Balaban J connectivity index is 1.67. The number of ether oxygens (including phenoxy) is 2. The van der Waals surface area contributed by atoms with Crippen LogP contribution in [-0.4, -0.2) is 40.5 Å². The number of rotatable bonds is 4. The second-order valence-corrected chi connectivity index (χ2v) is 7.32. The molecule has 3 heterocycles. The SMILES string of the molecule is COc1cc(/C=C2\C(=N)N3N=CSC3=NC2=O)cc(Br)c1OC(=O)c1ccco1. The normalized spacial score (nSPS) is 16.8. The summed E-state index contributed by atoms with van der Waals surface area (Å²) < 4.78 is 16.1. The van der Waals surface area contributed by atoms with Crippen LogP contribution in [0.4, 0.5) is 0 Å². The van der Waals surface area contributed by atoms with E-state index < -0.39 is 11.9 Å². The predicted octanol–water partition coefficient (Wildman–Crippen LogP) is 3.52. The zero-order chi connectivity index (χ0) is 20.5. The Morgan fingerprint density at radius 1 is 1.41 bits per heavy atom. The number of nitrogens with one attached hydrogen (secondary N) is 1. The van der Waals surface area contributed by atoms with E-state index in [9.17, 15) is 9.59 Å². The van der Waals surface area contributed by atoms with Gasteiger partial charge in [-0.2, -0.15) is 15.1 Å². The highest BCUT2D eigenvalue weighted by Gasteiger charge is 2.32. The zero-order valence-electron chi connectivity index (χ0n) is 14.7. The lowest BCUT2D eigenvalue weighted by molar-refractivity contribution is -0.114. The maximum absolute atomic E-state index is 12.3. The minimum Gasteiger partial charge on any atom is -0.493 e. The summed E-state index contributed by atoms with van der Waals surface area (Å²) in [6.45, 7) is 0. The van der Waals surface area contributed by atoms with E-state index in [2.05, 4.69) is 26.0 Å². The van der Waals surface area contributed by atoms with Crippen molar-refractivity contribution in [3.63, 3.8) is 0 Å². The Hall–Kier alpha value is -3.18. The van der Waals surface area contributed by atoms with Crippen molar-refractivity contribution in [3.8, 4) is 11.5 Å². The van der Waals surface area contributed by atoms with Crippen LogP contribution < -0.4 is 9.47 Å². The average molecular weight is 475 g/mol. The number of aliphatic imine (C=N–C) groups is 1. The largest absolute Gasteiger partial charge is 0.493 e. The summed E-state index contributed by atoms with van der Waals surface area (Å²) in [4.78, 5) is 28.4. The van der Waals surface area contributed by atoms with Crippen molar-refractivity contribution >= 4 is 62.2 Å². The van der Waals surface area contributed by atoms with Gasteiger partial charge in [0.1, 0.15) is 0 Å². The first kappa shape index (κ1) is 19.2. The van der Waals surface area contributed by atoms with Crippen molar-refractivity contribution in [1.82, 2.24) is 5.01 Å². The Bertz CT molecular complexity index is 1120. The summed E-state index contributed by atoms with van der Waals surface area (Å²) in [6, 6.07) is 6.26. The van der Waals surface area contributed by atoms with Crippen LogP contribution in [0.3, 0.4) is 0 Å². The van der Waals surface area contributed by atoms with E-state index in [1.807, 2.05) is 0 Å². The van der Waals surface area contributed by atoms with Gasteiger partial charge in [-0.05, 0) is 63.6 Å². The molecule has 0 aliphatic carbocycles. The van der Waals surface area contributed by atoms with Crippen LogP contribution >= 0.6 is 27.7 Å². The number of furan rings is 1. The van der Waals surface area contributed by atoms with E-state index in [1.54, 1.807) is 18.2 Å². The van der Waals surface area contributed by atoms with Crippen molar-refractivity contribution < 1.29 is 23.5 Å². The number of amidine groups is 2. The number of methoxy groups -OCH3 is 1. The number of nitrogens with zero attached hydrogens (tertiary/aromatic N) is 3. The summed E-state index contributed by atoms with van der Waals surface area (Å²) in [5.74, 6) is -0.853. The van der Waals surface area contributed by atoms with Crippen molar-refractivity contribution in [3.05, 3.63) is 51.9 Å². The molecule has 0 saturated carbocycles. The van der Waals surface area contributed by atoms with Crippen molar-refractivity contribution in [2.45, 2.75) is 0 Å². The molecule has 0 unspecified atom stereocenters. The lowest BCUT2D eigenvalue weighted by Gasteiger charge is -2.20. The molecule has 29 heavy (non-hydrogen) atoms. The van der Waals surface area contributed by atoms with Gasteiger partial charge in [-0.15, -0.1) is 0 Å². The third-order valence-electron chi connectivity index (χ3n) is 3.88. The Kier molecular flexibility index (Phi) is 5.07. The molecule has 0 spiro atoms. The molecular weight excluding hydrogens is 464 g/mol. The molecular formula is C18H11BrN4O5S. The molecule has 2 aliphatic rings. The van der Waals surface area contributed by atoms with Gasteiger partial charge in [-0.3, -0.25) is 10.2 Å². The standard InChI is InChI=1S/C18H11BrN4O5S/c1-26-13-7-9(5-10-15(20)23-18(22-16(10)24)29-8-21-23)6-11(19)14(13)28-17(25)12-3-2-4-27-12/h2-8,20H,1H3/b10-5+,20-15?. The molecule has 4 rings (SSSR count). The fourth-order valence-corrected chi connectivity index (χ4v) is 3.71. The van der Waals surface area contributed by atoms with E-state index in [4.69, 9.17) is 19.3 Å². The molecule has 2 aliphatic heterocycles. The van der Waals surface area contributed by atoms with Crippen LogP contribution in [-0.2, 0) is 4.79 Å². The molecule has 0 saturated heterocycles. The first-order valence-corrected chi connectivity index (χ1v) is 9.71. The van der Waals surface area contributed by atoms with Gasteiger partial charge in [0.05, 0.1) is 29.0 Å². The molecule has 0 fully saturated rings. The number of thioether (sulfide) groups is 1. The molecule has 9 nitrogen and oxygen atoms in total. The predicted molar refractivity (Wildman–Crippen MR) is 110 cm³/mol. The second kappa shape index (κ2) is 7.68. The molecule has 0 atom stereocenters. The van der Waals surface area contributed by atoms with Crippen molar-refractivity contribution in [1.29, 1.82) is 5.41 Å². The Labute approximate surface area is 176 Å². The number of halogens is 1. The van der Waals surface area contributed by atoms with Gasteiger partial charge >= 0.3 is 5.97 Å². The third-order valence-corrected chi connectivity index (χ3v) is 5.14. The zero-order valence-corrected chi connectivity index (χ0v) is 17.1. The Morgan fingerprint density at radius 2 is 2.24 bits per heavy atom. The topological polar surface area (TPSA) is 118 Å². The van der Waals surface area contributed by atoms with E-state index in [1.165, 1.54) is 47.8 Å². The number of carbonyl (C=O) groups is 2. The molecule has 1 amide bonds. The summed E-state index contributed by atoms with van der Waals surface area (Å²) >= 11 is 4.52. The van der Waals surface area contributed by atoms with Crippen molar-refractivity contribution in [2.75, 3.05) is 7.11 Å². The first-order valence-electron chi connectivity index (χ1n) is 8.04. The first-order chi connectivity index (χ1) is 14.0. The number of amides is 1. The molecule has 1 aromatic carbocycles. The number of hydrogen-bond acceptors (Lipinski definition) is 8. The molecule has 146 valence electrons. The molecule has 1 aromatic heterocycles. The number of esters is 1. The molecule has 2 aromatic rings. The highest BCUT2D eigenvalue weighted by molar-refractivity contribution is 9.10. The summed E-state index contributed by atoms with van der Waals surface area (Å²) in [7, 11) is 1.42. The highest BCUT2D eigenvalue weighted by Crippen LogP contribution is 2.38. The molecule has 1 N–H and O–H groups in total. The molecule has 0 radical (unpaired) electrons. The van der Waals surface area contributed by atoms with Crippen LogP contribution in [0, 0.1) is 5.41 Å². The lowest BCUT2D eigenvalue weighted by Crippen LogP contribution is -2.35. The molecule has 11 heteroatoms.